The van der Waals surface area contributed by atoms with Crippen molar-refractivity contribution in [3.05, 3.63) is 46.6 Å². The van der Waals surface area contributed by atoms with Gasteiger partial charge in [0.2, 0.25) is 5.91 Å². The quantitative estimate of drug-likeness (QED) is 0.169. The van der Waals surface area contributed by atoms with E-state index in [1.54, 1.807) is 18.2 Å². The molecule has 1 fully saturated rings. The van der Waals surface area contributed by atoms with Gasteiger partial charge in [-0.25, -0.2) is 17.5 Å². The molecule has 3 aromatic rings. The number of nitrogens with zero attached hydrogens (tertiary/aromatic N) is 1. The molecule has 47 heavy (non-hydrogen) atoms. The third kappa shape index (κ3) is 9.88. The van der Waals surface area contributed by atoms with Crippen molar-refractivity contribution in [2.24, 2.45) is 0 Å². The second-order valence-electron chi connectivity index (χ2n) is 10.7. The van der Waals surface area contributed by atoms with E-state index >= 15 is 0 Å². The highest BCUT2D eigenvalue weighted by Crippen LogP contribution is 2.39. The van der Waals surface area contributed by atoms with Gasteiger partial charge in [-0.2, -0.15) is 26.3 Å². The molecule has 1 aromatic heterocycles. The molecule has 0 spiro atoms. The van der Waals surface area contributed by atoms with Crippen molar-refractivity contribution in [2.75, 3.05) is 43.4 Å². The van der Waals surface area contributed by atoms with Crippen molar-refractivity contribution in [1.82, 2.24) is 9.62 Å². The van der Waals surface area contributed by atoms with Gasteiger partial charge in [-0.05, 0) is 36.4 Å². The summed E-state index contributed by atoms with van der Waals surface area (Å²) in [6.45, 7) is 3.42. The van der Waals surface area contributed by atoms with Crippen molar-refractivity contribution < 1.29 is 48.7 Å². The number of fused-ring (bicyclic) bond motifs is 1. The fourth-order valence-corrected chi connectivity index (χ4v) is 7.28. The second-order valence-corrected chi connectivity index (χ2v) is 13.4. The number of hydrogen-bond donors (Lipinski definition) is 3. The van der Waals surface area contributed by atoms with E-state index in [9.17, 15) is 43.9 Å². The molecule has 256 valence electrons. The Morgan fingerprint density at radius 3 is 2.40 bits per heavy atom. The van der Waals surface area contributed by atoms with Crippen molar-refractivity contribution in [3.63, 3.8) is 0 Å². The van der Waals surface area contributed by atoms with Crippen LogP contribution in [-0.4, -0.2) is 70.4 Å². The number of nitrogens with one attached hydrogen (secondary N) is 3. The lowest BCUT2D eigenvalue weighted by Gasteiger charge is -2.32. The first-order valence-corrected chi connectivity index (χ1v) is 16.6. The van der Waals surface area contributed by atoms with Crippen LogP contribution in [0.3, 0.4) is 0 Å². The fraction of sp³-hybridized carbons (Fsp3) is 0.433. The number of rotatable bonds is 10. The molecule has 17 heteroatoms. The summed E-state index contributed by atoms with van der Waals surface area (Å²) in [6.07, 6.45) is -8.87. The first-order valence-electron chi connectivity index (χ1n) is 14.3. The highest BCUT2D eigenvalue weighted by Gasteiger charge is 2.32. The number of alkyl halides is 6. The van der Waals surface area contributed by atoms with Crippen LogP contribution in [0.25, 0.3) is 10.1 Å². The van der Waals surface area contributed by atoms with Crippen LogP contribution in [0.1, 0.15) is 37.1 Å². The molecule has 1 aliphatic rings. The number of halogens is 7. The van der Waals surface area contributed by atoms with E-state index in [-0.39, 0.29) is 23.0 Å². The second kappa shape index (κ2) is 14.6. The number of amides is 1. The van der Waals surface area contributed by atoms with Gasteiger partial charge in [-0.1, -0.05) is 30.9 Å². The standard InChI is InChI=1S/C30H31F7N4O4S2/c1-3-41-12-9-19(10-13-41)39-23-7-4-6-20-21(16-29(32,33)34)26(46-28(20)23)8-5-11-38-24-14-22(31)27(47(43,44)40-18(2)42)15-25(24)45-17-30(35,36)37/h4,6-7,14-15,19,38-39H,3,9-13,16-17H2,1-2H3,(H,40,42). The van der Waals surface area contributed by atoms with Crippen LogP contribution in [-0.2, 0) is 21.2 Å². The van der Waals surface area contributed by atoms with Crippen LogP contribution >= 0.6 is 11.3 Å². The van der Waals surface area contributed by atoms with Gasteiger partial charge in [0.1, 0.15) is 16.5 Å². The van der Waals surface area contributed by atoms with E-state index in [1.165, 1.54) is 4.72 Å². The third-order valence-corrected chi connectivity index (χ3v) is 9.80. The van der Waals surface area contributed by atoms with Crippen LogP contribution in [0, 0.1) is 17.7 Å². The van der Waals surface area contributed by atoms with Gasteiger partial charge in [-0.3, -0.25) is 4.79 Å². The lowest BCUT2D eigenvalue weighted by atomic mass is 10.0. The summed E-state index contributed by atoms with van der Waals surface area (Å²) in [5, 5.41) is 6.39. The van der Waals surface area contributed by atoms with Gasteiger partial charge in [-0.15, -0.1) is 11.3 Å². The van der Waals surface area contributed by atoms with Gasteiger partial charge < -0.3 is 20.3 Å². The van der Waals surface area contributed by atoms with Crippen LogP contribution in [0.15, 0.2) is 35.2 Å². The molecule has 1 aliphatic heterocycles. The number of piperidine rings is 1. The lowest BCUT2D eigenvalue weighted by molar-refractivity contribution is -0.153. The normalized spacial score (nSPS) is 14.8. The van der Waals surface area contributed by atoms with Crippen LogP contribution in [0.2, 0.25) is 0 Å². The van der Waals surface area contributed by atoms with E-state index in [0.717, 1.165) is 50.7 Å². The molecule has 0 unspecified atom stereocenters. The minimum absolute atomic E-state index is 0.0257. The summed E-state index contributed by atoms with van der Waals surface area (Å²) in [7, 11) is -4.78. The zero-order valence-corrected chi connectivity index (χ0v) is 26.8. The number of likely N-dealkylation sites (tertiary alicyclic amines) is 1. The maximum atomic E-state index is 14.8. The number of anilines is 2. The van der Waals surface area contributed by atoms with Gasteiger partial charge in [0.15, 0.2) is 6.61 Å². The minimum Gasteiger partial charge on any atom is -0.482 e. The Morgan fingerprint density at radius 2 is 1.79 bits per heavy atom. The fourth-order valence-electron chi connectivity index (χ4n) is 5.04. The molecule has 0 radical (unpaired) electrons. The summed E-state index contributed by atoms with van der Waals surface area (Å²) in [6, 6.07) is 6.24. The summed E-state index contributed by atoms with van der Waals surface area (Å²) in [5.74, 6) is 2.13. The van der Waals surface area contributed by atoms with Gasteiger partial charge in [0.05, 0.1) is 33.9 Å². The van der Waals surface area contributed by atoms with Crippen LogP contribution in [0.5, 0.6) is 5.75 Å². The zero-order valence-electron chi connectivity index (χ0n) is 25.2. The average Bonchev–Trinajstić information content (AvgIpc) is 3.30. The maximum absolute atomic E-state index is 14.8. The SMILES string of the molecule is CCN1CCC(Nc2cccc3c(CC(F)(F)F)c(C#CCNc4cc(F)c(S(=O)(=O)NC(C)=O)cc4OCC(F)(F)F)sc23)CC1. The number of sulfonamides is 1. The Bertz CT molecular complexity index is 1770. The highest BCUT2D eigenvalue weighted by atomic mass is 32.2. The number of thiophene rings is 1. The largest absolute Gasteiger partial charge is 0.482 e. The summed E-state index contributed by atoms with van der Waals surface area (Å²) in [5.41, 5.74) is 0.255. The molecule has 3 N–H and O–H groups in total. The van der Waals surface area contributed by atoms with E-state index in [2.05, 4.69) is 34.3 Å². The Balaban J connectivity index is 1.62. The maximum Gasteiger partial charge on any atom is 0.422 e. The van der Waals surface area contributed by atoms with Crippen LogP contribution < -0.4 is 20.1 Å². The van der Waals surface area contributed by atoms with Gasteiger partial charge >= 0.3 is 12.4 Å². The molecule has 1 amide bonds. The molecule has 2 aromatic carbocycles. The molecule has 2 heterocycles. The van der Waals surface area contributed by atoms with E-state index in [1.807, 2.05) is 0 Å². The Labute approximate surface area is 270 Å². The average molecular weight is 709 g/mol. The number of benzene rings is 2. The lowest BCUT2D eigenvalue weighted by Crippen LogP contribution is -2.38. The molecular weight excluding hydrogens is 677 g/mol. The molecule has 0 saturated carbocycles. The smallest absolute Gasteiger partial charge is 0.422 e. The van der Waals surface area contributed by atoms with Crippen molar-refractivity contribution >= 4 is 48.7 Å². The molecule has 0 aliphatic carbocycles. The molecule has 0 atom stereocenters. The van der Waals surface area contributed by atoms with Crippen molar-refractivity contribution in [1.29, 1.82) is 0 Å². The monoisotopic (exact) mass is 708 g/mol. The number of ether oxygens (including phenoxy) is 1. The summed E-state index contributed by atoms with van der Waals surface area (Å²) < 4.78 is 126. The zero-order chi connectivity index (χ0) is 34.6. The van der Waals surface area contributed by atoms with Gasteiger partial charge in [0.25, 0.3) is 10.0 Å². The van der Waals surface area contributed by atoms with Gasteiger partial charge in [0, 0.05) is 38.2 Å². The van der Waals surface area contributed by atoms with E-state index in [0.29, 0.717) is 27.9 Å². The molecule has 4 rings (SSSR count). The number of carbonyl (C=O) groups is 1. The summed E-state index contributed by atoms with van der Waals surface area (Å²) in [4.78, 5) is 12.6. The molecule has 1 saturated heterocycles. The third-order valence-electron chi connectivity index (χ3n) is 7.15. The predicted molar refractivity (Wildman–Crippen MR) is 165 cm³/mol. The predicted octanol–water partition coefficient (Wildman–Crippen LogP) is 6.27. The minimum atomic E-state index is -4.83. The van der Waals surface area contributed by atoms with Crippen molar-refractivity contribution in [3.8, 4) is 17.6 Å². The Morgan fingerprint density at radius 1 is 1.09 bits per heavy atom. The van der Waals surface area contributed by atoms with Crippen molar-refractivity contribution in [2.45, 2.75) is 56.4 Å². The topological polar surface area (TPSA) is 99.8 Å². The first kappa shape index (κ1) is 36.1. The summed E-state index contributed by atoms with van der Waals surface area (Å²) >= 11 is 1.07. The van der Waals surface area contributed by atoms with E-state index in [4.69, 9.17) is 4.74 Å². The molecule has 8 nitrogen and oxygen atoms in total. The van der Waals surface area contributed by atoms with E-state index < -0.39 is 63.5 Å². The Hall–Kier alpha value is -3.75. The highest BCUT2D eigenvalue weighted by molar-refractivity contribution is 7.90. The van der Waals surface area contributed by atoms with Crippen LogP contribution in [0.4, 0.5) is 42.1 Å². The Kier molecular flexibility index (Phi) is 11.2. The number of hydrogen-bond acceptors (Lipinski definition) is 8. The number of carbonyl (C=O) groups excluding carboxylic acids is 1. The molecule has 0 bridgehead atoms. The molecular formula is C30H31F7N4O4S2. The first-order chi connectivity index (χ1) is 22.0.